The van der Waals surface area contributed by atoms with Crippen LogP contribution in [0.15, 0.2) is 36.4 Å². The summed E-state index contributed by atoms with van der Waals surface area (Å²) in [7, 11) is 0. The van der Waals surface area contributed by atoms with Gasteiger partial charge in [0, 0.05) is 19.0 Å². The number of nitrogens with zero attached hydrogens (tertiary/aromatic N) is 2. The maximum atomic E-state index is 12.2. The number of anilines is 1. The number of hydrogen-bond acceptors (Lipinski definition) is 4. The number of nitrogens with one attached hydrogen (secondary N) is 2. The lowest BCUT2D eigenvalue weighted by molar-refractivity contribution is -0.122. The number of nitrogens with two attached hydrogens (primary N) is 1. The number of nitrogen functional groups attached to an aromatic ring is 1. The van der Waals surface area contributed by atoms with Gasteiger partial charge in [0.15, 0.2) is 0 Å². The highest BCUT2D eigenvalue weighted by atomic mass is 35.5. The molecule has 2 unspecified atom stereocenters. The van der Waals surface area contributed by atoms with Gasteiger partial charge in [0.05, 0.1) is 11.4 Å². The molecule has 2 aromatic rings. The van der Waals surface area contributed by atoms with Gasteiger partial charge >= 0.3 is 0 Å². The fourth-order valence-electron chi connectivity index (χ4n) is 3.74. The van der Waals surface area contributed by atoms with Crippen LogP contribution in [-0.2, 0) is 11.2 Å². The molecule has 29 heavy (non-hydrogen) atoms. The summed E-state index contributed by atoms with van der Waals surface area (Å²) in [5, 5.41) is 11.1. The minimum Gasteiger partial charge on any atom is -0.384 e. The summed E-state index contributed by atoms with van der Waals surface area (Å²) in [6.07, 6.45) is 4.72. The van der Waals surface area contributed by atoms with E-state index in [-0.39, 0.29) is 30.7 Å². The second kappa shape index (κ2) is 12.7. The van der Waals surface area contributed by atoms with Gasteiger partial charge in [-0.15, -0.1) is 24.8 Å². The summed E-state index contributed by atoms with van der Waals surface area (Å²) in [5.74, 6) is 1.84. The first kappa shape index (κ1) is 25.3. The molecule has 2 heterocycles. The van der Waals surface area contributed by atoms with Crippen molar-refractivity contribution in [3.05, 3.63) is 42.1 Å². The van der Waals surface area contributed by atoms with Crippen LogP contribution in [-0.4, -0.2) is 35.3 Å². The zero-order valence-electron chi connectivity index (χ0n) is 17.0. The van der Waals surface area contributed by atoms with Crippen molar-refractivity contribution in [2.75, 3.05) is 25.4 Å². The highest BCUT2D eigenvalue weighted by Gasteiger charge is 2.21. The molecule has 1 saturated heterocycles. The van der Waals surface area contributed by atoms with Crippen molar-refractivity contribution in [1.82, 2.24) is 20.4 Å². The molecule has 1 aliphatic heterocycles. The van der Waals surface area contributed by atoms with E-state index in [1.165, 1.54) is 12.8 Å². The first-order valence-electron chi connectivity index (χ1n) is 10.0. The van der Waals surface area contributed by atoms with Crippen molar-refractivity contribution in [1.29, 1.82) is 0 Å². The van der Waals surface area contributed by atoms with Crippen molar-refractivity contribution in [2.24, 2.45) is 11.8 Å². The number of piperidine rings is 1. The number of carbonyl (C=O) groups excluding carboxylic acids is 1. The van der Waals surface area contributed by atoms with Gasteiger partial charge in [-0.3, -0.25) is 4.79 Å². The molecule has 2 atom stereocenters. The number of amides is 1. The Morgan fingerprint density at radius 2 is 2.10 bits per heavy atom. The summed E-state index contributed by atoms with van der Waals surface area (Å²) in [5.41, 5.74) is 7.99. The number of benzene rings is 1. The summed E-state index contributed by atoms with van der Waals surface area (Å²) in [6, 6.07) is 11.8. The molecule has 0 radical (unpaired) electrons. The lowest BCUT2D eigenvalue weighted by Crippen LogP contribution is -2.35. The van der Waals surface area contributed by atoms with Gasteiger partial charge in [0.1, 0.15) is 5.82 Å². The molecule has 4 N–H and O–H groups in total. The molecule has 6 nitrogen and oxygen atoms in total. The van der Waals surface area contributed by atoms with Crippen molar-refractivity contribution < 1.29 is 4.79 Å². The van der Waals surface area contributed by atoms with Crippen LogP contribution in [0.3, 0.4) is 0 Å². The molecule has 0 bridgehead atoms. The van der Waals surface area contributed by atoms with Crippen LogP contribution < -0.4 is 16.4 Å². The van der Waals surface area contributed by atoms with E-state index in [0.29, 0.717) is 30.6 Å². The Hall–Kier alpha value is -1.76. The van der Waals surface area contributed by atoms with E-state index in [1.807, 2.05) is 36.4 Å². The minimum atomic E-state index is 0. The van der Waals surface area contributed by atoms with E-state index in [4.69, 9.17) is 5.73 Å². The summed E-state index contributed by atoms with van der Waals surface area (Å²) >= 11 is 0. The Balaban J connectivity index is 0.00000210. The SMILES string of the molecule is CC(CC(=O)NCCCc1cc(N)n(-c2ccccc2)n1)C1CCCNC1.Cl.Cl. The third kappa shape index (κ3) is 7.53. The van der Waals surface area contributed by atoms with Gasteiger partial charge in [-0.2, -0.15) is 5.10 Å². The predicted octanol–water partition coefficient (Wildman–Crippen LogP) is 3.37. The monoisotopic (exact) mass is 441 g/mol. The van der Waals surface area contributed by atoms with Crippen LogP contribution in [0.5, 0.6) is 0 Å². The van der Waals surface area contributed by atoms with Gasteiger partial charge in [0.25, 0.3) is 0 Å². The molecular weight excluding hydrogens is 409 g/mol. The van der Waals surface area contributed by atoms with E-state index in [1.54, 1.807) is 4.68 Å². The van der Waals surface area contributed by atoms with Crippen molar-refractivity contribution in [3.8, 4) is 5.69 Å². The number of halogens is 2. The Kier molecular flexibility index (Phi) is 11.1. The predicted molar refractivity (Wildman–Crippen MR) is 123 cm³/mol. The minimum absolute atomic E-state index is 0. The average molecular weight is 442 g/mol. The van der Waals surface area contributed by atoms with E-state index < -0.39 is 0 Å². The molecule has 0 aliphatic carbocycles. The third-order valence-electron chi connectivity index (χ3n) is 5.37. The van der Waals surface area contributed by atoms with Crippen LogP contribution in [0.25, 0.3) is 5.69 Å². The largest absolute Gasteiger partial charge is 0.384 e. The Morgan fingerprint density at radius 3 is 2.79 bits per heavy atom. The lowest BCUT2D eigenvalue weighted by Gasteiger charge is -2.28. The summed E-state index contributed by atoms with van der Waals surface area (Å²) in [4.78, 5) is 12.2. The number of aromatic nitrogens is 2. The Morgan fingerprint density at radius 1 is 1.34 bits per heavy atom. The van der Waals surface area contributed by atoms with Crippen LogP contribution in [0.4, 0.5) is 5.82 Å². The van der Waals surface area contributed by atoms with Crippen molar-refractivity contribution in [2.45, 2.75) is 39.0 Å². The quantitative estimate of drug-likeness (QED) is 0.548. The fourth-order valence-corrected chi connectivity index (χ4v) is 3.74. The molecule has 0 saturated carbocycles. The average Bonchev–Trinajstić information content (AvgIpc) is 3.07. The van der Waals surface area contributed by atoms with Crippen LogP contribution in [0.1, 0.15) is 38.3 Å². The number of carbonyl (C=O) groups is 1. The molecule has 1 aromatic carbocycles. The van der Waals surface area contributed by atoms with E-state index in [9.17, 15) is 4.79 Å². The standard InChI is InChI=1S/C21H31N5O.2ClH/c1-16(17-7-5-11-23-15-17)13-21(27)24-12-6-8-18-14-20(22)26(25-18)19-9-3-2-4-10-19;;/h2-4,9-10,14,16-17,23H,5-8,11-13,15,22H2,1H3,(H,24,27);2*1H. The second-order valence-electron chi connectivity index (χ2n) is 7.55. The van der Waals surface area contributed by atoms with E-state index in [2.05, 4.69) is 22.7 Å². The zero-order valence-corrected chi connectivity index (χ0v) is 18.6. The van der Waals surface area contributed by atoms with Crippen LogP contribution in [0.2, 0.25) is 0 Å². The van der Waals surface area contributed by atoms with Crippen LogP contribution in [0, 0.1) is 11.8 Å². The van der Waals surface area contributed by atoms with Crippen LogP contribution >= 0.6 is 24.8 Å². The zero-order chi connectivity index (χ0) is 19.1. The fraction of sp³-hybridized carbons (Fsp3) is 0.524. The normalized spacial score (nSPS) is 16.9. The smallest absolute Gasteiger partial charge is 0.220 e. The number of rotatable bonds is 8. The first-order chi connectivity index (χ1) is 13.1. The topological polar surface area (TPSA) is 85.0 Å². The molecule has 8 heteroatoms. The van der Waals surface area contributed by atoms with Gasteiger partial charge < -0.3 is 16.4 Å². The van der Waals surface area contributed by atoms with Crippen molar-refractivity contribution >= 4 is 36.5 Å². The molecule has 1 amide bonds. The highest BCUT2D eigenvalue weighted by molar-refractivity contribution is 5.85. The summed E-state index contributed by atoms with van der Waals surface area (Å²) < 4.78 is 1.76. The van der Waals surface area contributed by atoms with Gasteiger partial charge in [0.2, 0.25) is 5.91 Å². The summed E-state index contributed by atoms with van der Waals surface area (Å²) in [6.45, 7) is 5.02. The van der Waals surface area contributed by atoms with E-state index >= 15 is 0 Å². The second-order valence-corrected chi connectivity index (χ2v) is 7.55. The van der Waals surface area contributed by atoms with Gasteiger partial charge in [-0.05, 0) is 62.7 Å². The molecule has 1 aromatic heterocycles. The molecular formula is C21H33Cl2N5O. The van der Waals surface area contributed by atoms with Gasteiger partial charge in [-0.25, -0.2) is 4.68 Å². The first-order valence-corrected chi connectivity index (χ1v) is 10.0. The van der Waals surface area contributed by atoms with Crippen molar-refractivity contribution in [3.63, 3.8) is 0 Å². The number of para-hydroxylation sites is 1. The third-order valence-corrected chi connectivity index (χ3v) is 5.37. The lowest BCUT2D eigenvalue weighted by atomic mass is 9.85. The molecule has 162 valence electrons. The number of hydrogen-bond donors (Lipinski definition) is 3. The van der Waals surface area contributed by atoms with Gasteiger partial charge in [-0.1, -0.05) is 25.1 Å². The molecule has 1 fully saturated rings. The maximum absolute atomic E-state index is 12.2. The Bertz CT molecular complexity index is 732. The highest BCUT2D eigenvalue weighted by Crippen LogP contribution is 2.22. The Labute approximate surface area is 185 Å². The maximum Gasteiger partial charge on any atom is 0.220 e. The number of aryl methyl sites for hydroxylation is 1. The molecule has 1 aliphatic rings. The molecule has 3 rings (SSSR count). The molecule has 0 spiro atoms. The van der Waals surface area contributed by atoms with E-state index in [0.717, 1.165) is 37.3 Å².